The molecule has 0 fully saturated rings. The van der Waals surface area contributed by atoms with E-state index in [1.165, 1.54) is 0 Å². The summed E-state index contributed by atoms with van der Waals surface area (Å²) < 4.78 is 0.891. The highest BCUT2D eigenvalue weighted by molar-refractivity contribution is 4.83. The van der Waals surface area contributed by atoms with Gasteiger partial charge in [-0.3, -0.25) is 0 Å². The maximum atomic E-state index is 8.56. The van der Waals surface area contributed by atoms with Crippen LogP contribution in [-0.4, -0.2) is 43.4 Å². The van der Waals surface area contributed by atoms with Crippen LogP contribution in [0.1, 0.15) is 19.3 Å². The van der Waals surface area contributed by atoms with Gasteiger partial charge in [-0.2, -0.15) is 0 Å². The van der Waals surface area contributed by atoms with Crippen molar-refractivity contribution >= 4 is 0 Å². The molecule has 0 bridgehead atoms. The molecule has 13 heavy (non-hydrogen) atoms. The van der Waals surface area contributed by atoms with Crippen LogP contribution in [0, 0.1) is 12.3 Å². The summed E-state index contributed by atoms with van der Waals surface area (Å²) in [4.78, 5) is 0. The molecule has 1 N–H and O–H groups in total. The first kappa shape index (κ1) is 15.4. The minimum atomic E-state index is 0. The number of terminal acetylenes is 1. The lowest BCUT2D eigenvalue weighted by molar-refractivity contribution is -0.883. The molecule has 0 unspecified atom stereocenters. The Morgan fingerprint density at radius 2 is 1.85 bits per heavy atom. The predicted molar refractivity (Wildman–Crippen MR) is 51.6 cm³/mol. The highest BCUT2D eigenvalue weighted by Crippen LogP contribution is 2.02. The summed E-state index contributed by atoms with van der Waals surface area (Å²) in [6.45, 7) is 2.20. The third-order valence-corrected chi connectivity index (χ3v) is 1.94. The first-order valence-corrected chi connectivity index (χ1v) is 4.49. The van der Waals surface area contributed by atoms with Gasteiger partial charge in [-0.15, -0.1) is 6.42 Å². The Hall–Kier alpha value is -0.0400. The van der Waals surface area contributed by atoms with Gasteiger partial charge in [0.2, 0.25) is 0 Å². The molecular formula is C10H20BrNO. The lowest BCUT2D eigenvalue weighted by Gasteiger charge is -2.27. The number of quaternary nitrogens is 1. The second-order valence-corrected chi connectivity index (χ2v) is 3.81. The zero-order valence-corrected chi connectivity index (χ0v) is 10.2. The molecule has 78 valence electrons. The van der Waals surface area contributed by atoms with Gasteiger partial charge in [0.15, 0.2) is 0 Å². The zero-order chi connectivity index (χ0) is 9.45. The van der Waals surface area contributed by atoms with Crippen LogP contribution in [0.3, 0.4) is 0 Å². The average Bonchev–Trinajstić information content (AvgIpc) is 1.98. The molecule has 0 rings (SSSR count). The number of aliphatic hydroxyl groups is 1. The van der Waals surface area contributed by atoms with E-state index in [4.69, 9.17) is 11.5 Å². The van der Waals surface area contributed by atoms with Gasteiger partial charge in [0, 0.05) is 6.61 Å². The zero-order valence-electron chi connectivity index (χ0n) is 8.59. The first-order valence-electron chi connectivity index (χ1n) is 4.49. The number of unbranched alkanes of at least 4 members (excludes halogenated alkanes) is 2. The predicted octanol–water partition coefficient (Wildman–Crippen LogP) is -2.14. The summed E-state index contributed by atoms with van der Waals surface area (Å²) in [5, 5.41) is 8.56. The SMILES string of the molecule is C#CC[N+](C)(C)CCCCCO.[Br-]. The van der Waals surface area contributed by atoms with Crippen LogP contribution in [-0.2, 0) is 0 Å². The largest absolute Gasteiger partial charge is 1.00 e. The fourth-order valence-electron chi connectivity index (χ4n) is 1.15. The van der Waals surface area contributed by atoms with Gasteiger partial charge in [-0.05, 0) is 25.2 Å². The summed E-state index contributed by atoms with van der Waals surface area (Å²) in [5.41, 5.74) is 0. The maximum absolute atomic E-state index is 8.56. The van der Waals surface area contributed by atoms with Crippen molar-refractivity contribution in [1.29, 1.82) is 0 Å². The van der Waals surface area contributed by atoms with Crippen molar-refractivity contribution in [3.63, 3.8) is 0 Å². The molecule has 0 radical (unpaired) electrons. The fourth-order valence-corrected chi connectivity index (χ4v) is 1.15. The van der Waals surface area contributed by atoms with Crippen LogP contribution in [0.4, 0.5) is 0 Å². The summed E-state index contributed by atoms with van der Waals surface area (Å²) >= 11 is 0. The molecule has 0 aromatic carbocycles. The van der Waals surface area contributed by atoms with Gasteiger partial charge in [0.25, 0.3) is 0 Å². The van der Waals surface area contributed by atoms with Gasteiger partial charge in [0.05, 0.1) is 20.6 Å². The number of halogens is 1. The van der Waals surface area contributed by atoms with Crippen molar-refractivity contribution in [1.82, 2.24) is 0 Å². The van der Waals surface area contributed by atoms with E-state index >= 15 is 0 Å². The lowest BCUT2D eigenvalue weighted by atomic mass is 10.2. The molecule has 0 saturated carbocycles. The molecule has 0 aliphatic rings. The average molecular weight is 250 g/mol. The normalized spacial score (nSPS) is 10.3. The first-order chi connectivity index (χ1) is 5.62. The minimum Gasteiger partial charge on any atom is -1.00 e. The van der Waals surface area contributed by atoms with Crippen molar-refractivity contribution in [2.75, 3.05) is 33.8 Å². The van der Waals surface area contributed by atoms with Gasteiger partial charge in [-0.25, -0.2) is 0 Å². The topological polar surface area (TPSA) is 20.2 Å². The summed E-state index contributed by atoms with van der Waals surface area (Å²) in [6, 6.07) is 0. The van der Waals surface area contributed by atoms with E-state index in [1.807, 2.05) is 0 Å². The van der Waals surface area contributed by atoms with Crippen molar-refractivity contribution in [2.45, 2.75) is 19.3 Å². The molecule has 0 spiro atoms. The van der Waals surface area contributed by atoms with E-state index in [-0.39, 0.29) is 17.0 Å². The van der Waals surface area contributed by atoms with E-state index in [9.17, 15) is 0 Å². The Kier molecular flexibility index (Phi) is 10.2. The van der Waals surface area contributed by atoms with Crippen LogP contribution in [0.15, 0.2) is 0 Å². The van der Waals surface area contributed by atoms with Crippen LogP contribution in [0.2, 0.25) is 0 Å². The quantitative estimate of drug-likeness (QED) is 0.324. The minimum absolute atomic E-state index is 0. The molecule has 0 atom stereocenters. The third-order valence-electron chi connectivity index (χ3n) is 1.94. The summed E-state index contributed by atoms with van der Waals surface area (Å²) in [7, 11) is 4.28. The molecule has 3 heteroatoms. The Labute approximate surface area is 92.3 Å². The Morgan fingerprint density at radius 1 is 1.23 bits per heavy atom. The molecule has 0 saturated heterocycles. The van der Waals surface area contributed by atoms with E-state index < -0.39 is 0 Å². The molecule has 0 aliphatic carbocycles. The van der Waals surface area contributed by atoms with Gasteiger partial charge >= 0.3 is 0 Å². The fraction of sp³-hybridized carbons (Fsp3) is 0.800. The van der Waals surface area contributed by atoms with Crippen molar-refractivity contribution in [3.05, 3.63) is 0 Å². The Morgan fingerprint density at radius 3 is 2.31 bits per heavy atom. The second kappa shape index (κ2) is 8.55. The highest BCUT2D eigenvalue weighted by atomic mass is 79.9. The van der Waals surface area contributed by atoms with E-state index in [2.05, 4.69) is 20.0 Å². The molecule has 0 aliphatic heterocycles. The van der Waals surface area contributed by atoms with Crippen molar-refractivity contribution in [2.24, 2.45) is 0 Å². The van der Waals surface area contributed by atoms with Crippen molar-refractivity contribution in [3.8, 4) is 12.3 Å². The van der Waals surface area contributed by atoms with E-state index in [0.717, 1.165) is 36.8 Å². The molecule has 0 amide bonds. The summed E-state index contributed by atoms with van der Waals surface area (Å²) in [5.74, 6) is 2.67. The van der Waals surface area contributed by atoms with Gasteiger partial charge in [-0.1, -0.05) is 0 Å². The molecule has 0 aromatic rings. The lowest BCUT2D eigenvalue weighted by Crippen LogP contribution is -3.00. The smallest absolute Gasteiger partial charge is 0.140 e. The van der Waals surface area contributed by atoms with Gasteiger partial charge < -0.3 is 26.6 Å². The Bertz CT molecular complexity index is 151. The van der Waals surface area contributed by atoms with Crippen LogP contribution < -0.4 is 17.0 Å². The van der Waals surface area contributed by atoms with Crippen molar-refractivity contribution < 1.29 is 26.6 Å². The number of hydrogen-bond donors (Lipinski definition) is 1. The maximum Gasteiger partial charge on any atom is 0.140 e. The summed E-state index contributed by atoms with van der Waals surface area (Å²) in [6.07, 6.45) is 8.40. The molecule has 0 aromatic heterocycles. The monoisotopic (exact) mass is 249 g/mol. The second-order valence-electron chi connectivity index (χ2n) is 3.81. The molecular weight excluding hydrogens is 230 g/mol. The van der Waals surface area contributed by atoms with Crippen LogP contribution >= 0.6 is 0 Å². The van der Waals surface area contributed by atoms with Crippen LogP contribution in [0.25, 0.3) is 0 Å². The molecule has 2 nitrogen and oxygen atoms in total. The highest BCUT2D eigenvalue weighted by Gasteiger charge is 2.11. The van der Waals surface area contributed by atoms with E-state index in [0.29, 0.717) is 6.61 Å². The van der Waals surface area contributed by atoms with Gasteiger partial charge in [0.1, 0.15) is 6.54 Å². The van der Waals surface area contributed by atoms with E-state index in [1.54, 1.807) is 0 Å². The third kappa shape index (κ3) is 9.88. The number of rotatable bonds is 6. The number of nitrogens with zero attached hydrogens (tertiary/aromatic N) is 1. The van der Waals surface area contributed by atoms with Crippen LogP contribution in [0.5, 0.6) is 0 Å². The molecule has 0 heterocycles. The number of hydrogen-bond acceptors (Lipinski definition) is 1. The Balaban J connectivity index is 0. The number of aliphatic hydroxyl groups excluding tert-OH is 1. The standard InChI is InChI=1S/C10H20NO.BrH/c1-4-8-11(2,3)9-6-5-7-10-12;/h1,12H,5-10H2,2-3H3;1H/q+1;/p-1.